The molecule has 1 aromatic heterocycles. The van der Waals surface area contributed by atoms with Crippen molar-refractivity contribution in [2.45, 2.75) is 32.9 Å². The molecule has 1 heterocycles. The average molecular weight is 228 g/mol. The van der Waals surface area contributed by atoms with Crippen molar-refractivity contribution in [3.63, 3.8) is 0 Å². The van der Waals surface area contributed by atoms with Crippen LogP contribution in [0.25, 0.3) is 0 Å². The largest absolute Gasteiger partial charge is 0.350 e. The fraction of sp³-hybridized carbons (Fsp3) is 0.333. The van der Waals surface area contributed by atoms with Gasteiger partial charge in [0.25, 0.3) is 0 Å². The molecule has 0 amide bonds. The second-order valence-electron chi connectivity index (χ2n) is 4.86. The second-order valence-corrected chi connectivity index (χ2v) is 4.86. The van der Waals surface area contributed by atoms with E-state index in [4.69, 9.17) is 5.73 Å². The minimum Gasteiger partial charge on any atom is -0.350 e. The second kappa shape index (κ2) is 5.19. The molecule has 0 spiro atoms. The summed E-state index contributed by atoms with van der Waals surface area (Å²) in [6.45, 7) is 5.08. The molecule has 2 aromatic rings. The van der Waals surface area contributed by atoms with Gasteiger partial charge in [0.05, 0.1) is 0 Å². The summed E-state index contributed by atoms with van der Waals surface area (Å²) in [4.78, 5) is 0. The highest BCUT2D eigenvalue weighted by Gasteiger charge is 2.01. The molecule has 1 aromatic carbocycles. The van der Waals surface area contributed by atoms with E-state index >= 15 is 0 Å². The lowest BCUT2D eigenvalue weighted by molar-refractivity contribution is 0.732. The normalized spacial score (nSPS) is 12.6. The molecule has 0 aliphatic heterocycles. The zero-order valence-corrected chi connectivity index (χ0v) is 10.6. The number of aryl methyl sites for hydroxylation is 1. The summed E-state index contributed by atoms with van der Waals surface area (Å²) in [5.74, 6) is 0. The molecule has 0 radical (unpaired) electrons. The fourth-order valence-corrected chi connectivity index (χ4v) is 1.99. The zero-order chi connectivity index (χ0) is 12.3. The third kappa shape index (κ3) is 3.46. The minimum atomic E-state index is 0.227. The Hall–Kier alpha value is -1.54. The van der Waals surface area contributed by atoms with Crippen LogP contribution in [0.3, 0.4) is 0 Å². The van der Waals surface area contributed by atoms with Crippen LogP contribution in [-0.4, -0.2) is 10.6 Å². The third-order valence-electron chi connectivity index (χ3n) is 2.86. The summed E-state index contributed by atoms with van der Waals surface area (Å²) in [5, 5.41) is 0. The van der Waals surface area contributed by atoms with Crippen molar-refractivity contribution in [3.8, 4) is 0 Å². The topological polar surface area (TPSA) is 30.9 Å². The Kier molecular flexibility index (Phi) is 3.64. The first-order valence-corrected chi connectivity index (χ1v) is 6.09. The first-order chi connectivity index (χ1) is 8.13. The number of nitrogens with two attached hydrogens (primary N) is 1. The van der Waals surface area contributed by atoms with Crippen molar-refractivity contribution in [3.05, 3.63) is 59.4 Å². The molecular formula is C15H20N2. The van der Waals surface area contributed by atoms with Crippen molar-refractivity contribution in [1.82, 2.24) is 4.57 Å². The number of hydrogen-bond acceptors (Lipinski definition) is 1. The Morgan fingerprint density at radius 1 is 1.12 bits per heavy atom. The standard InChI is InChI=1S/C15H20N2/c1-12-3-5-14(6-4-12)10-17-8-7-15(11-17)9-13(2)16/h3-8,11,13H,9-10,16H2,1-2H3. The molecule has 2 nitrogen and oxygen atoms in total. The SMILES string of the molecule is Cc1ccc(Cn2ccc(CC(C)N)c2)cc1. The summed E-state index contributed by atoms with van der Waals surface area (Å²) in [5.41, 5.74) is 9.74. The van der Waals surface area contributed by atoms with Crippen LogP contribution in [0.2, 0.25) is 0 Å². The monoisotopic (exact) mass is 228 g/mol. The lowest BCUT2D eigenvalue weighted by Gasteiger charge is -2.04. The van der Waals surface area contributed by atoms with Crippen LogP contribution in [0.1, 0.15) is 23.6 Å². The highest BCUT2D eigenvalue weighted by Crippen LogP contribution is 2.09. The Bertz CT molecular complexity index is 466. The molecule has 1 unspecified atom stereocenters. The van der Waals surface area contributed by atoms with E-state index < -0.39 is 0 Å². The Morgan fingerprint density at radius 2 is 1.82 bits per heavy atom. The molecule has 0 fully saturated rings. The summed E-state index contributed by atoms with van der Waals surface area (Å²) >= 11 is 0. The van der Waals surface area contributed by atoms with Gasteiger partial charge in [0, 0.05) is 25.0 Å². The van der Waals surface area contributed by atoms with E-state index in [2.05, 4.69) is 54.2 Å². The predicted molar refractivity (Wildman–Crippen MR) is 72.1 cm³/mol. The first kappa shape index (κ1) is 11.9. The molecule has 0 aliphatic rings. The third-order valence-corrected chi connectivity index (χ3v) is 2.86. The molecule has 0 aliphatic carbocycles. The highest BCUT2D eigenvalue weighted by atomic mass is 14.9. The van der Waals surface area contributed by atoms with E-state index in [9.17, 15) is 0 Å². The Balaban J connectivity index is 2.03. The molecule has 0 saturated carbocycles. The van der Waals surface area contributed by atoms with Gasteiger partial charge in [-0.3, -0.25) is 0 Å². The molecular weight excluding hydrogens is 208 g/mol. The molecule has 2 rings (SSSR count). The van der Waals surface area contributed by atoms with Gasteiger partial charge in [-0.25, -0.2) is 0 Å². The van der Waals surface area contributed by atoms with Gasteiger partial charge in [0.1, 0.15) is 0 Å². The molecule has 1 atom stereocenters. The maximum Gasteiger partial charge on any atom is 0.0470 e. The van der Waals surface area contributed by atoms with Crippen molar-refractivity contribution in [2.75, 3.05) is 0 Å². The number of hydrogen-bond donors (Lipinski definition) is 1. The zero-order valence-electron chi connectivity index (χ0n) is 10.6. The van der Waals surface area contributed by atoms with Crippen molar-refractivity contribution in [2.24, 2.45) is 5.73 Å². The molecule has 2 heteroatoms. The van der Waals surface area contributed by atoms with E-state index in [-0.39, 0.29) is 6.04 Å². The maximum absolute atomic E-state index is 5.79. The van der Waals surface area contributed by atoms with Gasteiger partial charge >= 0.3 is 0 Å². The summed E-state index contributed by atoms with van der Waals surface area (Å²) < 4.78 is 2.21. The quantitative estimate of drug-likeness (QED) is 0.857. The Morgan fingerprint density at radius 3 is 2.47 bits per heavy atom. The molecule has 0 bridgehead atoms. The number of aromatic nitrogens is 1. The van der Waals surface area contributed by atoms with Crippen LogP contribution in [0, 0.1) is 6.92 Å². The van der Waals surface area contributed by atoms with E-state index in [1.807, 2.05) is 6.92 Å². The Labute approximate surface area is 103 Å². The van der Waals surface area contributed by atoms with E-state index in [0.29, 0.717) is 0 Å². The van der Waals surface area contributed by atoms with Gasteiger partial charge in [0.2, 0.25) is 0 Å². The maximum atomic E-state index is 5.79. The van der Waals surface area contributed by atoms with Crippen molar-refractivity contribution in [1.29, 1.82) is 0 Å². The number of benzene rings is 1. The van der Waals surface area contributed by atoms with Gasteiger partial charge in [-0.1, -0.05) is 29.8 Å². The number of rotatable bonds is 4. The number of nitrogens with zero attached hydrogens (tertiary/aromatic N) is 1. The van der Waals surface area contributed by atoms with Gasteiger partial charge in [0.15, 0.2) is 0 Å². The first-order valence-electron chi connectivity index (χ1n) is 6.09. The van der Waals surface area contributed by atoms with E-state index in [1.54, 1.807) is 0 Å². The van der Waals surface area contributed by atoms with Crippen molar-refractivity contribution < 1.29 is 0 Å². The molecule has 2 N–H and O–H groups in total. The highest BCUT2D eigenvalue weighted by molar-refractivity contribution is 5.22. The minimum absolute atomic E-state index is 0.227. The summed E-state index contributed by atoms with van der Waals surface area (Å²) in [6.07, 6.45) is 5.25. The molecule has 0 saturated heterocycles. The summed E-state index contributed by atoms with van der Waals surface area (Å²) in [7, 11) is 0. The van der Waals surface area contributed by atoms with Crippen molar-refractivity contribution >= 4 is 0 Å². The average Bonchev–Trinajstić information content (AvgIpc) is 2.68. The lowest BCUT2D eigenvalue weighted by Crippen LogP contribution is -2.17. The van der Waals surface area contributed by atoms with Crippen LogP contribution in [0.15, 0.2) is 42.7 Å². The van der Waals surface area contributed by atoms with Gasteiger partial charge < -0.3 is 10.3 Å². The van der Waals surface area contributed by atoms with Crippen LogP contribution in [0.4, 0.5) is 0 Å². The van der Waals surface area contributed by atoms with Gasteiger partial charge in [-0.15, -0.1) is 0 Å². The van der Waals surface area contributed by atoms with Crippen LogP contribution >= 0.6 is 0 Å². The van der Waals surface area contributed by atoms with Crippen LogP contribution < -0.4 is 5.73 Å². The van der Waals surface area contributed by atoms with Gasteiger partial charge in [-0.05, 0) is 37.5 Å². The lowest BCUT2D eigenvalue weighted by atomic mass is 10.1. The smallest absolute Gasteiger partial charge is 0.0470 e. The van der Waals surface area contributed by atoms with E-state index in [0.717, 1.165) is 13.0 Å². The fourth-order valence-electron chi connectivity index (χ4n) is 1.99. The summed E-state index contributed by atoms with van der Waals surface area (Å²) in [6, 6.07) is 11.0. The van der Waals surface area contributed by atoms with Gasteiger partial charge in [-0.2, -0.15) is 0 Å². The van der Waals surface area contributed by atoms with Crippen LogP contribution in [0.5, 0.6) is 0 Å². The predicted octanol–water partition coefficient (Wildman–Crippen LogP) is 2.73. The molecule has 90 valence electrons. The van der Waals surface area contributed by atoms with E-state index in [1.165, 1.54) is 16.7 Å². The molecule has 17 heavy (non-hydrogen) atoms. The van der Waals surface area contributed by atoms with Crippen LogP contribution in [-0.2, 0) is 13.0 Å².